The lowest BCUT2D eigenvalue weighted by atomic mass is 9.98. The summed E-state index contributed by atoms with van der Waals surface area (Å²) in [5, 5.41) is -1.86. The van der Waals surface area contributed by atoms with E-state index in [-0.39, 0.29) is 61.5 Å². The molecule has 0 aliphatic rings. The minimum absolute atomic E-state index is 0.00130. The van der Waals surface area contributed by atoms with Gasteiger partial charge in [0, 0.05) is 32.5 Å². The van der Waals surface area contributed by atoms with Gasteiger partial charge in [0.15, 0.2) is 0 Å². The summed E-state index contributed by atoms with van der Waals surface area (Å²) >= 11 is 0. The first-order valence-corrected chi connectivity index (χ1v) is 17.7. The van der Waals surface area contributed by atoms with Gasteiger partial charge in [0.2, 0.25) is 0 Å². The van der Waals surface area contributed by atoms with Crippen molar-refractivity contribution in [2.75, 3.05) is 0 Å². The minimum atomic E-state index is -0.897. The molecule has 0 amide bonds. The summed E-state index contributed by atoms with van der Waals surface area (Å²) < 4.78 is 212. The van der Waals surface area contributed by atoms with Gasteiger partial charge in [-0.05, 0) is 88.3 Å². The van der Waals surface area contributed by atoms with E-state index in [4.69, 9.17) is 19.5 Å². The monoisotopic (exact) mass is 748 g/mol. The van der Waals surface area contributed by atoms with Crippen molar-refractivity contribution in [3.8, 4) is 44.8 Å². The summed E-state index contributed by atoms with van der Waals surface area (Å²) in [5.41, 5.74) is -2.69. The molecule has 0 bridgehead atoms. The largest absolute Gasteiger partial charge is 0.456 e. The zero-order chi connectivity index (χ0) is 56.6. The molecular formula is C54H34N2O. The van der Waals surface area contributed by atoms with Crippen molar-refractivity contribution in [1.29, 1.82) is 0 Å². The van der Waals surface area contributed by atoms with Crippen LogP contribution in [0.1, 0.15) is 30.2 Å². The highest BCUT2D eigenvalue weighted by Gasteiger charge is 2.21. The molecule has 3 heteroatoms. The summed E-state index contributed by atoms with van der Waals surface area (Å²) in [6.45, 7) is 0. The summed E-state index contributed by atoms with van der Waals surface area (Å²) in [6, 6.07) is 4.46. The Labute approximate surface area is 359 Å². The van der Waals surface area contributed by atoms with E-state index in [1.165, 1.54) is 16.7 Å². The maximum atomic E-state index is 10.1. The molecule has 9 aromatic carbocycles. The molecule has 57 heavy (non-hydrogen) atoms. The lowest BCUT2D eigenvalue weighted by Gasteiger charge is -2.14. The van der Waals surface area contributed by atoms with Crippen LogP contribution in [0.3, 0.4) is 0 Å². The number of fused-ring (bicyclic) bond motifs is 9. The fourth-order valence-electron chi connectivity index (χ4n) is 7.65. The summed E-state index contributed by atoms with van der Waals surface area (Å²) in [6.07, 6.45) is 0. The Morgan fingerprint density at radius 2 is 0.930 bits per heavy atom. The van der Waals surface area contributed by atoms with Crippen molar-refractivity contribution < 1.29 is 34.6 Å². The Kier molecular flexibility index (Phi) is 3.72. The number of hydrogen-bond donors (Lipinski definition) is 0. The Balaban J connectivity index is 1.27. The van der Waals surface area contributed by atoms with Gasteiger partial charge in [-0.25, -0.2) is 0 Å². The molecule has 0 radical (unpaired) electrons. The maximum absolute atomic E-state index is 10.1. The van der Waals surface area contributed by atoms with E-state index >= 15 is 0 Å². The van der Waals surface area contributed by atoms with Gasteiger partial charge in [0.1, 0.15) is 11.2 Å². The van der Waals surface area contributed by atoms with E-state index in [0.717, 1.165) is 4.57 Å². The van der Waals surface area contributed by atoms with Crippen molar-refractivity contribution in [2.45, 2.75) is 0 Å². The molecule has 0 saturated heterocycles. The molecule has 0 N–H and O–H groups in total. The zero-order valence-electron chi connectivity index (χ0n) is 51.2. The fraction of sp³-hybridized carbons (Fsp3) is 0. The first-order valence-electron chi connectivity index (χ1n) is 28.7. The highest BCUT2D eigenvalue weighted by atomic mass is 16.3. The Morgan fingerprint density at radius 1 is 0.351 bits per heavy atom. The molecule has 3 nitrogen and oxygen atoms in total. The molecule has 0 saturated carbocycles. The maximum Gasteiger partial charge on any atom is 0.137 e. The zero-order valence-corrected chi connectivity index (χ0v) is 29.2. The third-order valence-electron chi connectivity index (χ3n) is 10.1. The predicted molar refractivity (Wildman–Crippen MR) is 239 cm³/mol. The van der Waals surface area contributed by atoms with E-state index in [0.29, 0.717) is 16.7 Å². The van der Waals surface area contributed by atoms with Crippen LogP contribution in [0.25, 0.3) is 110 Å². The SMILES string of the molecule is [2H]c1ccc(-c2ccccc2-n2c3c([2H])c([2H])c([2H])c([2H])c3c3c([2H])c(-c4c([2H])c([2H])c5c(c4[2H])c4c([2H])c([2H])c([2H])c([2H])c4n5-c4c([2H])c([2H])c([2H])c5oc6c([2H])c([2H])c([2H])c(-c7ccccc7)c6c45)c([2H])c([2H])c32)cc1[2H]. The van der Waals surface area contributed by atoms with Crippen molar-refractivity contribution in [1.82, 2.24) is 9.13 Å². The van der Waals surface area contributed by atoms with Gasteiger partial charge in [0.05, 0.1) is 69.0 Å². The van der Waals surface area contributed by atoms with Crippen LogP contribution in [0.5, 0.6) is 0 Å². The van der Waals surface area contributed by atoms with Gasteiger partial charge in [-0.1, -0.05) is 145 Å². The third-order valence-corrected chi connectivity index (χ3v) is 10.1. The van der Waals surface area contributed by atoms with Gasteiger partial charge in [0.25, 0.3) is 0 Å². The highest BCUT2D eigenvalue weighted by molar-refractivity contribution is 6.18. The van der Waals surface area contributed by atoms with E-state index in [9.17, 15) is 15.1 Å². The van der Waals surface area contributed by atoms with Crippen molar-refractivity contribution in [3.05, 3.63) is 206 Å². The molecule has 0 spiro atoms. The standard InChI is InChI=1S/C54H34N2O/c1-3-15-35(16-4-1)39-19-7-10-23-45(39)55-46-24-11-8-20-41(46)43-33-37(29-31-48(43)55)38-30-32-49-44(34-38)42-21-9-12-25-47(42)56(49)50-26-14-28-52-54(50)53-40(22-13-27-51(53)57-52)36-17-5-2-6-18-36/h1-34H/i1D,3D,8D,9D,11D,12D,13D,14D,20D,21D,22D,24D,25D,26D,27D,28D,29D,30D,31D,32D,33D,34D. The Hall–Kier alpha value is -7.62. The van der Waals surface area contributed by atoms with Crippen LogP contribution in [0.2, 0.25) is 0 Å². The molecule has 266 valence electrons. The average molecular weight is 749 g/mol. The quantitative estimate of drug-likeness (QED) is 0.172. The first-order chi connectivity index (χ1) is 37.5. The first kappa shape index (κ1) is 17.0. The van der Waals surface area contributed by atoms with E-state index in [2.05, 4.69) is 0 Å². The highest BCUT2D eigenvalue weighted by Crippen LogP contribution is 2.43. The van der Waals surface area contributed by atoms with E-state index in [1.54, 1.807) is 60.7 Å². The average Bonchev–Trinajstić information content (AvgIpc) is 4.15. The number of furan rings is 1. The molecule has 3 aromatic heterocycles. The molecule has 0 aliphatic carbocycles. The van der Waals surface area contributed by atoms with Crippen LogP contribution in [0, 0.1) is 0 Å². The fourth-order valence-corrected chi connectivity index (χ4v) is 7.65. The van der Waals surface area contributed by atoms with Crippen LogP contribution in [-0.2, 0) is 0 Å². The lowest BCUT2D eigenvalue weighted by Crippen LogP contribution is -1.97. The molecule has 0 atom stereocenters. The molecule has 0 unspecified atom stereocenters. The number of rotatable bonds is 5. The van der Waals surface area contributed by atoms with Crippen molar-refractivity contribution in [3.63, 3.8) is 0 Å². The second kappa shape index (κ2) is 12.5. The molecule has 0 aliphatic heterocycles. The van der Waals surface area contributed by atoms with Gasteiger partial charge in [-0.3, -0.25) is 0 Å². The number of hydrogen-bond acceptors (Lipinski definition) is 1. The minimum Gasteiger partial charge on any atom is -0.456 e. The second-order valence-corrected chi connectivity index (χ2v) is 13.2. The Bertz CT molecular complexity index is 4810. The smallest absolute Gasteiger partial charge is 0.137 e. The molecule has 12 rings (SSSR count). The summed E-state index contributed by atoms with van der Waals surface area (Å²) in [5.74, 6) is 0. The van der Waals surface area contributed by atoms with Gasteiger partial charge >= 0.3 is 0 Å². The van der Waals surface area contributed by atoms with Crippen molar-refractivity contribution in [2.24, 2.45) is 0 Å². The number of nitrogens with zero attached hydrogens (tertiary/aromatic N) is 2. The summed E-state index contributed by atoms with van der Waals surface area (Å²) in [7, 11) is 0. The van der Waals surface area contributed by atoms with E-state index < -0.39 is 165 Å². The normalized spacial score (nSPS) is 17.3. The molecule has 12 aromatic rings. The number of aromatic nitrogens is 2. The van der Waals surface area contributed by atoms with Crippen LogP contribution in [0.15, 0.2) is 210 Å². The van der Waals surface area contributed by atoms with Crippen LogP contribution >= 0.6 is 0 Å². The summed E-state index contributed by atoms with van der Waals surface area (Å²) in [4.78, 5) is 0. The van der Waals surface area contributed by atoms with Crippen molar-refractivity contribution >= 4 is 65.6 Å². The Morgan fingerprint density at radius 3 is 1.65 bits per heavy atom. The number of para-hydroxylation sites is 3. The van der Waals surface area contributed by atoms with Gasteiger partial charge in [-0.15, -0.1) is 0 Å². The topological polar surface area (TPSA) is 23.0 Å². The molecule has 3 heterocycles. The van der Waals surface area contributed by atoms with Gasteiger partial charge in [-0.2, -0.15) is 0 Å². The number of benzene rings is 9. The van der Waals surface area contributed by atoms with E-state index in [1.807, 2.05) is 0 Å². The third kappa shape index (κ3) is 4.79. The molecular weight excluding hydrogens is 693 g/mol. The van der Waals surface area contributed by atoms with Crippen LogP contribution in [-0.4, -0.2) is 9.13 Å². The van der Waals surface area contributed by atoms with Gasteiger partial charge < -0.3 is 13.6 Å². The lowest BCUT2D eigenvalue weighted by molar-refractivity contribution is 0.669. The molecule has 0 fully saturated rings. The second-order valence-electron chi connectivity index (χ2n) is 13.2. The van der Waals surface area contributed by atoms with Crippen LogP contribution < -0.4 is 0 Å². The van der Waals surface area contributed by atoms with Crippen LogP contribution in [0.4, 0.5) is 0 Å². The predicted octanol–water partition coefficient (Wildman–Crippen LogP) is 14.8.